The molecule has 0 radical (unpaired) electrons. The van der Waals surface area contributed by atoms with Crippen LogP contribution in [0.3, 0.4) is 0 Å². The lowest BCUT2D eigenvalue weighted by molar-refractivity contribution is 0.0770. The summed E-state index contributed by atoms with van der Waals surface area (Å²) in [6.45, 7) is 2.23. The third-order valence-electron chi connectivity index (χ3n) is 3.76. The van der Waals surface area contributed by atoms with Crippen molar-refractivity contribution in [3.63, 3.8) is 0 Å². The second-order valence-electron chi connectivity index (χ2n) is 5.76. The average Bonchev–Trinajstić information content (AvgIpc) is 2.60. The summed E-state index contributed by atoms with van der Waals surface area (Å²) >= 11 is 0. The number of aliphatic hydroxyl groups excluding tert-OH is 1. The van der Waals surface area contributed by atoms with Crippen molar-refractivity contribution in [2.24, 2.45) is 0 Å². The summed E-state index contributed by atoms with van der Waals surface area (Å²) in [5, 5.41) is 12.7. The number of para-hydroxylation sites is 1. The number of hydrogen-bond acceptors (Lipinski definition) is 4. The van der Waals surface area contributed by atoms with Crippen molar-refractivity contribution in [1.82, 2.24) is 4.90 Å². The number of anilines is 2. The highest BCUT2D eigenvalue weighted by Crippen LogP contribution is 2.23. The highest BCUT2D eigenvalue weighted by Gasteiger charge is 2.16. The van der Waals surface area contributed by atoms with Crippen molar-refractivity contribution in [2.75, 3.05) is 26.0 Å². The lowest BCUT2D eigenvalue weighted by Gasteiger charge is -2.20. The summed E-state index contributed by atoms with van der Waals surface area (Å²) in [5.41, 5.74) is 2.22. The number of aliphatic hydroxyl groups is 1. The molecule has 0 fully saturated rings. The summed E-state index contributed by atoms with van der Waals surface area (Å²) in [4.78, 5) is 14.3. The number of rotatable bonds is 7. The van der Waals surface area contributed by atoms with Crippen LogP contribution >= 0.6 is 0 Å². The van der Waals surface area contributed by atoms with Crippen LogP contribution in [0.5, 0.6) is 5.75 Å². The molecule has 0 spiro atoms. The van der Waals surface area contributed by atoms with Gasteiger partial charge < -0.3 is 20.1 Å². The first kappa shape index (κ1) is 17.8. The Bertz CT molecular complexity index is 669. The van der Waals surface area contributed by atoms with Crippen LogP contribution in [0.15, 0.2) is 48.5 Å². The molecular weight excluding hydrogens is 304 g/mol. The third kappa shape index (κ3) is 4.73. The molecule has 2 aromatic rings. The monoisotopic (exact) mass is 328 g/mol. The molecule has 2 aromatic carbocycles. The maximum absolute atomic E-state index is 12.7. The fourth-order valence-electron chi connectivity index (χ4n) is 2.30. The largest absolute Gasteiger partial charge is 0.497 e. The Labute approximate surface area is 142 Å². The highest BCUT2D eigenvalue weighted by atomic mass is 16.5. The molecule has 0 aliphatic heterocycles. The molecule has 1 unspecified atom stereocenters. The summed E-state index contributed by atoms with van der Waals surface area (Å²) in [6.07, 6.45) is 0.129. The van der Waals surface area contributed by atoms with E-state index in [1.807, 2.05) is 42.5 Å². The molecule has 5 nitrogen and oxygen atoms in total. The highest BCUT2D eigenvalue weighted by molar-refractivity contribution is 6.00. The molecule has 0 aliphatic rings. The Balaban J connectivity index is 2.15. The lowest BCUT2D eigenvalue weighted by Crippen LogP contribution is -2.29. The van der Waals surface area contributed by atoms with Crippen LogP contribution in [0.2, 0.25) is 0 Å². The molecule has 2 rings (SSSR count). The van der Waals surface area contributed by atoms with Gasteiger partial charge in [-0.25, -0.2) is 0 Å². The summed E-state index contributed by atoms with van der Waals surface area (Å²) < 4.78 is 5.15. The van der Waals surface area contributed by atoms with Crippen LogP contribution in [0.25, 0.3) is 0 Å². The van der Waals surface area contributed by atoms with E-state index in [1.54, 1.807) is 32.0 Å². The van der Waals surface area contributed by atoms with Crippen LogP contribution in [0, 0.1) is 0 Å². The van der Waals surface area contributed by atoms with Crippen LogP contribution in [0.4, 0.5) is 11.4 Å². The van der Waals surface area contributed by atoms with Crippen molar-refractivity contribution in [3.8, 4) is 5.75 Å². The molecule has 0 heterocycles. The smallest absolute Gasteiger partial charge is 0.255 e. The maximum atomic E-state index is 12.7. The number of benzene rings is 2. The minimum atomic E-state index is -0.423. The lowest BCUT2D eigenvalue weighted by atomic mass is 10.1. The number of carbonyl (C=O) groups excluding carboxylic acids is 1. The number of nitrogens with one attached hydrogen (secondary N) is 1. The van der Waals surface area contributed by atoms with Gasteiger partial charge in [0.15, 0.2) is 0 Å². The van der Waals surface area contributed by atoms with Gasteiger partial charge in [0.05, 0.1) is 24.5 Å². The number of methoxy groups -OCH3 is 1. The van der Waals surface area contributed by atoms with E-state index in [-0.39, 0.29) is 5.91 Å². The molecule has 0 saturated heterocycles. The van der Waals surface area contributed by atoms with Crippen molar-refractivity contribution in [1.29, 1.82) is 0 Å². The van der Waals surface area contributed by atoms with Gasteiger partial charge in [-0.3, -0.25) is 4.79 Å². The van der Waals surface area contributed by atoms with Gasteiger partial charge in [0.25, 0.3) is 5.91 Å². The Hall–Kier alpha value is -2.53. The van der Waals surface area contributed by atoms with E-state index in [0.717, 1.165) is 17.1 Å². The first-order valence-corrected chi connectivity index (χ1v) is 7.95. The third-order valence-corrected chi connectivity index (χ3v) is 3.76. The molecule has 1 amide bonds. The molecule has 1 atom stereocenters. The van der Waals surface area contributed by atoms with Crippen molar-refractivity contribution < 1.29 is 14.6 Å². The minimum Gasteiger partial charge on any atom is -0.497 e. The Morgan fingerprint density at radius 1 is 1.21 bits per heavy atom. The first-order valence-electron chi connectivity index (χ1n) is 7.95. The minimum absolute atomic E-state index is 0.0766. The zero-order chi connectivity index (χ0) is 17.5. The number of carbonyl (C=O) groups is 1. The predicted molar refractivity (Wildman–Crippen MR) is 96.0 cm³/mol. The fourth-order valence-corrected chi connectivity index (χ4v) is 2.30. The zero-order valence-electron chi connectivity index (χ0n) is 14.3. The van der Waals surface area contributed by atoms with E-state index in [4.69, 9.17) is 4.74 Å². The van der Waals surface area contributed by atoms with Gasteiger partial charge in [-0.2, -0.15) is 0 Å². The maximum Gasteiger partial charge on any atom is 0.255 e. The standard InChI is InChI=1S/C19H24N2O3/c1-14(22)12-13-21(2)19(23)17-6-4-5-7-18(17)20-15-8-10-16(24-3)11-9-15/h4-11,14,20,22H,12-13H2,1-3H3. The molecule has 0 saturated carbocycles. The summed E-state index contributed by atoms with van der Waals surface area (Å²) in [6, 6.07) is 14.9. The van der Waals surface area contributed by atoms with Gasteiger partial charge in [0.2, 0.25) is 0 Å². The van der Waals surface area contributed by atoms with Crippen LogP contribution < -0.4 is 10.1 Å². The molecule has 128 valence electrons. The summed E-state index contributed by atoms with van der Waals surface area (Å²) in [7, 11) is 3.37. The summed E-state index contributed by atoms with van der Waals surface area (Å²) in [5.74, 6) is 0.704. The van der Waals surface area contributed by atoms with Gasteiger partial charge >= 0.3 is 0 Å². The van der Waals surface area contributed by atoms with Gasteiger partial charge in [-0.1, -0.05) is 12.1 Å². The number of hydrogen-bond donors (Lipinski definition) is 2. The molecule has 0 aromatic heterocycles. The van der Waals surface area contributed by atoms with E-state index in [9.17, 15) is 9.90 Å². The zero-order valence-corrected chi connectivity index (χ0v) is 14.3. The molecule has 0 aliphatic carbocycles. The van der Waals surface area contributed by atoms with Crippen molar-refractivity contribution >= 4 is 17.3 Å². The Morgan fingerprint density at radius 2 is 1.88 bits per heavy atom. The predicted octanol–water partition coefficient (Wildman–Crippen LogP) is 3.28. The van der Waals surface area contributed by atoms with Crippen molar-refractivity contribution in [2.45, 2.75) is 19.4 Å². The van der Waals surface area contributed by atoms with Gasteiger partial charge in [-0.15, -0.1) is 0 Å². The van der Waals surface area contributed by atoms with Crippen LogP contribution in [-0.2, 0) is 0 Å². The molecule has 2 N–H and O–H groups in total. The number of amides is 1. The normalized spacial score (nSPS) is 11.7. The van der Waals surface area contributed by atoms with E-state index in [2.05, 4.69) is 5.32 Å². The second kappa shape index (κ2) is 8.36. The van der Waals surface area contributed by atoms with Crippen LogP contribution in [0.1, 0.15) is 23.7 Å². The Kier molecular flexibility index (Phi) is 6.21. The molecule has 5 heteroatoms. The Morgan fingerprint density at radius 3 is 2.50 bits per heavy atom. The quantitative estimate of drug-likeness (QED) is 0.819. The van der Waals surface area contributed by atoms with E-state index in [0.29, 0.717) is 18.5 Å². The number of nitrogens with zero attached hydrogens (tertiary/aromatic N) is 1. The van der Waals surface area contributed by atoms with Gasteiger partial charge in [0.1, 0.15) is 5.75 Å². The van der Waals surface area contributed by atoms with Crippen molar-refractivity contribution in [3.05, 3.63) is 54.1 Å². The second-order valence-corrected chi connectivity index (χ2v) is 5.76. The topological polar surface area (TPSA) is 61.8 Å². The first-order chi connectivity index (χ1) is 11.5. The molecule has 24 heavy (non-hydrogen) atoms. The van der Waals surface area contributed by atoms with E-state index < -0.39 is 6.10 Å². The van der Waals surface area contributed by atoms with Gasteiger partial charge in [0, 0.05) is 19.3 Å². The number of ether oxygens (including phenoxy) is 1. The average molecular weight is 328 g/mol. The van der Waals surface area contributed by atoms with Gasteiger partial charge in [-0.05, 0) is 49.7 Å². The van der Waals surface area contributed by atoms with E-state index in [1.165, 1.54) is 0 Å². The SMILES string of the molecule is COc1ccc(Nc2ccccc2C(=O)N(C)CCC(C)O)cc1. The molecular formula is C19H24N2O3. The fraction of sp³-hybridized carbons (Fsp3) is 0.316. The van der Waals surface area contributed by atoms with Crippen LogP contribution in [-0.4, -0.2) is 42.7 Å². The molecule has 0 bridgehead atoms. The van der Waals surface area contributed by atoms with E-state index >= 15 is 0 Å².